The highest BCUT2D eigenvalue weighted by molar-refractivity contribution is 5.82. The van der Waals surface area contributed by atoms with E-state index < -0.39 is 0 Å². The number of ether oxygens (including phenoxy) is 2. The van der Waals surface area contributed by atoms with Crippen LogP contribution in [0.4, 0.5) is 22.7 Å². The van der Waals surface area contributed by atoms with Gasteiger partial charge in [0.15, 0.2) is 0 Å². The van der Waals surface area contributed by atoms with Crippen molar-refractivity contribution in [2.75, 3.05) is 37.1 Å². The fourth-order valence-electron chi connectivity index (χ4n) is 4.24. The molecular formula is C34H40N2O4. The van der Waals surface area contributed by atoms with Gasteiger partial charge in [0.05, 0.1) is 13.2 Å². The van der Waals surface area contributed by atoms with Crippen molar-refractivity contribution in [3.05, 3.63) is 108 Å². The van der Waals surface area contributed by atoms with Gasteiger partial charge in [-0.25, -0.2) is 9.59 Å². The fraction of sp³-hybridized carbons (Fsp3) is 0.294. The number of allylic oxidation sites excluding steroid dienone is 2. The summed E-state index contributed by atoms with van der Waals surface area (Å²) in [7, 11) is 4.07. The molecule has 0 unspecified atom stereocenters. The van der Waals surface area contributed by atoms with Gasteiger partial charge in [-0.2, -0.15) is 0 Å². The standard InChI is InChI=1S/C34H40N2O4/c1-5-9-33(37)39-25-7-11-27-13-17-30(18-14-27)36(32-23-21-29(22-24-32)35(3)4)31-19-15-28(16-20-31)12-8-26-40-34(38)10-6-2/h5-6,9-10,13-24H,7-8,11-12,25-26H2,1-4H3/b9-5+,10-6+. The van der Waals surface area contributed by atoms with Crippen LogP contribution in [0.25, 0.3) is 0 Å². The first-order valence-corrected chi connectivity index (χ1v) is 13.8. The lowest BCUT2D eigenvalue weighted by Crippen LogP contribution is -2.12. The van der Waals surface area contributed by atoms with Crippen molar-refractivity contribution < 1.29 is 19.1 Å². The molecular weight excluding hydrogens is 500 g/mol. The molecule has 0 heterocycles. The predicted molar refractivity (Wildman–Crippen MR) is 164 cm³/mol. The van der Waals surface area contributed by atoms with Crippen molar-refractivity contribution in [1.29, 1.82) is 0 Å². The van der Waals surface area contributed by atoms with Gasteiger partial charge in [-0.1, -0.05) is 36.4 Å². The molecule has 0 aliphatic carbocycles. The monoisotopic (exact) mass is 540 g/mol. The van der Waals surface area contributed by atoms with E-state index >= 15 is 0 Å². The number of hydrogen-bond acceptors (Lipinski definition) is 6. The zero-order valence-corrected chi connectivity index (χ0v) is 24.0. The van der Waals surface area contributed by atoms with Crippen LogP contribution in [0.1, 0.15) is 37.8 Å². The average molecular weight is 541 g/mol. The number of esters is 2. The lowest BCUT2D eigenvalue weighted by molar-refractivity contribution is -0.138. The van der Waals surface area contributed by atoms with E-state index in [-0.39, 0.29) is 11.9 Å². The van der Waals surface area contributed by atoms with E-state index in [4.69, 9.17) is 9.47 Å². The Morgan fingerprint density at radius 2 is 0.950 bits per heavy atom. The summed E-state index contributed by atoms with van der Waals surface area (Å²) in [4.78, 5) is 27.3. The fourth-order valence-corrected chi connectivity index (χ4v) is 4.24. The van der Waals surface area contributed by atoms with Gasteiger partial charge in [0.1, 0.15) is 0 Å². The first-order valence-electron chi connectivity index (χ1n) is 13.8. The number of anilines is 4. The molecule has 0 spiro atoms. The van der Waals surface area contributed by atoms with E-state index in [1.807, 2.05) is 14.1 Å². The van der Waals surface area contributed by atoms with Crippen LogP contribution in [0, 0.1) is 0 Å². The molecule has 0 bridgehead atoms. The second-order valence-corrected chi connectivity index (χ2v) is 9.62. The van der Waals surface area contributed by atoms with Gasteiger partial charge >= 0.3 is 11.9 Å². The molecule has 0 saturated heterocycles. The van der Waals surface area contributed by atoms with Crippen molar-refractivity contribution in [3.8, 4) is 0 Å². The van der Waals surface area contributed by atoms with Gasteiger partial charge in [0.25, 0.3) is 0 Å². The molecule has 0 atom stereocenters. The van der Waals surface area contributed by atoms with Crippen molar-refractivity contribution in [3.63, 3.8) is 0 Å². The molecule has 3 aromatic rings. The lowest BCUT2D eigenvalue weighted by atomic mass is 10.1. The van der Waals surface area contributed by atoms with Crippen molar-refractivity contribution in [2.45, 2.75) is 39.5 Å². The molecule has 0 saturated carbocycles. The van der Waals surface area contributed by atoms with Crippen LogP contribution < -0.4 is 9.80 Å². The van der Waals surface area contributed by atoms with Gasteiger partial charge in [0, 0.05) is 49.0 Å². The summed E-state index contributed by atoms with van der Waals surface area (Å²) >= 11 is 0. The number of benzene rings is 3. The van der Waals surface area contributed by atoms with Crippen LogP contribution in [-0.4, -0.2) is 39.2 Å². The number of carbonyl (C=O) groups is 2. The zero-order valence-electron chi connectivity index (χ0n) is 24.0. The highest BCUT2D eigenvalue weighted by Crippen LogP contribution is 2.35. The van der Waals surface area contributed by atoms with E-state index in [2.05, 4.69) is 82.6 Å². The third kappa shape index (κ3) is 9.45. The Balaban J connectivity index is 1.72. The quantitative estimate of drug-likeness (QED) is 0.121. The first kappa shape index (κ1) is 30.2. The maximum Gasteiger partial charge on any atom is 0.330 e. The van der Waals surface area contributed by atoms with Crippen LogP contribution in [0.5, 0.6) is 0 Å². The Bertz CT molecular complexity index is 1190. The molecule has 0 fully saturated rings. The van der Waals surface area contributed by atoms with E-state index in [1.165, 1.54) is 23.3 Å². The van der Waals surface area contributed by atoms with E-state index in [1.54, 1.807) is 26.0 Å². The molecule has 0 radical (unpaired) electrons. The van der Waals surface area contributed by atoms with Crippen LogP contribution in [-0.2, 0) is 31.9 Å². The van der Waals surface area contributed by atoms with E-state index in [0.717, 1.165) is 48.4 Å². The van der Waals surface area contributed by atoms with Crippen LogP contribution in [0.15, 0.2) is 97.1 Å². The Hall–Kier alpha value is -4.32. The zero-order chi connectivity index (χ0) is 28.7. The molecule has 6 nitrogen and oxygen atoms in total. The smallest absolute Gasteiger partial charge is 0.330 e. The molecule has 3 aromatic carbocycles. The lowest BCUT2D eigenvalue weighted by Gasteiger charge is -2.26. The summed E-state index contributed by atoms with van der Waals surface area (Å²) in [5.41, 5.74) is 6.71. The Labute approximate surface area is 238 Å². The topological polar surface area (TPSA) is 59.1 Å². The first-order chi connectivity index (χ1) is 19.4. The Kier molecular flexibility index (Phi) is 12.0. The second kappa shape index (κ2) is 15.9. The third-order valence-electron chi connectivity index (χ3n) is 6.33. The number of aryl methyl sites for hydroxylation is 2. The maximum atomic E-state index is 11.5. The summed E-state index contributed by atoms with van der Waals surface area (Å²) in [5, 5.41) is 0. The Morgan fingerprint density at radius 1 is 0.600 bits per heavy atom. The second-order valence-electron chi connectivity index (χ2n) is 9.62. The molecule has 0 aliphatic heterocycles. The van der Waals surface area contributed by atoms with Gasteiger partial charge < -0.3 is 19.3 Å². The normalized spacial score (nSPS) is 11.1. The highest BCUT2D eigenvalue weighted by Gasteiger charge is 2.13. The molecule has 0 amide bonds. The minimum absolute atomic E-state index is 0.298. The summed E-state index contributed by atoms with van der Waals surface area (Å²) in [5.74, 6) is -0.597. The summed E-state index contributed by atoms with van der Waals surface area (Å²) in [6.07, 6.45) is 9.44. The van der Waals surface area contributed by atoms with Crippen LogP contribution in [0.3, 0.4) is 0 Å². The molecule has 0 N–H and O–H groups in total. The minimum atomic E-state index is -0.298. The van der Waals surface area contributed by atoms with Crippen molar-refractivity contribution in [1.82, 2.24) is 0 Å². The largest absolute Gasteiger partial charge is 0.463 e. The SMILES string of the molecule is C/C=C/C(=O)OCCCc1ccc(N(c2ccc(CCCOC(=O)/C=C/C)cc2)c2ccc(N(C)C)cc2)cc1. The van der Waals surface area contributed by atoms with Gasteiger partial charge in [0.2, 0.25) is 0 Å². The van der Waals surface area contributed by atoms with E-state index in [0.29, 0.717) is 13.2 Å². The molecule has 40 heavy (non-hydrogen) atoms. The summed E-state index contributed by atoms with van der Waals surface area (Å²) < 4.78 is 10.4. The summed E-state index contributed by atoms with van der Waals surface area (Å²) in [6.45, 7) is 4.40. The average Bonchev–Trinajstić information content (AvgIpc) is 2.96. The van der Waals surface area contributed by atoms with Gasteiger partial charge in [-0.05, 0) is 99.2 Å². The molecule has 3 rings (SSSR count). The number of hydrogen-bond donors (Lipinski definition) is 0. The van der Waals surface area contributed by atoms with Gasteiger partial charge in [-0.3, -0.25) is 0 Å². The minimum Gasteiger partial charge on any atom is -0.463 e. The van der Waals surface area contributed by atoms with Gasteiger partial charge in [-0.15, -0.1) is 0 Å². The summed E-state index contributed by atoms with van der Waals surface area (Å²) in [6, 6.07) is 25.6. The third-order valence-corrected chi connectivity index (χ3v) is 6.33. The molecule has 6 heteroatoms. The van der Waals surface area contributed by atoms with Crippen molar-refractivity contribution in [2.24, 2.45) is 0 Å². The highest BCUT2D eigenvalue weighted by atomic mass is 16.5. The maximum absolute atomic E-state index is 11.5. The number of nitrogens with zero attached hydrogens (tertiary/aromatic N) is 2. The molecule has 0 aliphatic rings. The Morgan fingerprint density at radius 3 is 1.30 bits per heavy atom. The van der Waals surface area contributed by atoms with Crippen molar-refractivity contribution >= 4 is 34.7 Å². The van der Waals surface area contributed by atoms with Crippen LogP contribution >= 0.6 is 0 Å². The van der Waals surface area contributed by atoms with E-state index in [9.17, 15) is 9.59 Å². The molecule has 0 aromatic heterocycles. The molecule has 210 valence electrons. The van der Waals surface area contributed by atoms with Crippen LogP contribution in [0.2, 0.25) is 0 Å². The number of carbonyl (C=O) groups excluding carboxylic acids is 2. The number of rotatable bonds is 14. The predicted octanol–water partition coefficient (Wildman–Crippen LogP) is 7.33.